The first-order chi connectivity index (χ1) is 9.25. The molecule has 1 N–H and O–H groups in total. The molecule has 0 spiro atoms. The molecule has 2 unspecified atom stereocenters. The zero-order valence-electron chi connectivity index (χ0n) is 12.8. The Bertz CT molecular complexity index is 280. The summed E-state index contributed by atoms with van der Waals surface area (Å²) in [4.78, 5) is 5.53. The fraction of sp³-hybridized carbons (Fsp3) is 1.00. The maximum Gasteiger partial charge on any atom is 0.0346 e. The minimum Gasteiger partial charge on any atom is -0.314 e. The van der Waals surface area contributed by atoms with Gasteiger partial charge in [-0.3, -0.25) is 9.80 Å². The molecule has 0 radical (unpaired) electrons. The Morgan fingerprint density at radius 1 is 0.895 bits per heavy atom. The van der Waals surface area contributed by atoms with Crippen LogP contribution in [0.3, 0.4) is 0 Å². The van der Waals surface area contributed by atoms with Crippen molar-refractivity contribution in [2.45, 2.75) is 51.6 Å². The van der Waals surface area contributed by atoms with E-state index in [-0.39, 0.29) is 0 Å². The molecule has 2 saturated heterocycles. The van der Waals surface area contributed by atoms with Crippen LogP contribution < -0.4 is 5.32 Å². The number of nitrogens with zero attached hydrogens (tertiary/aromatic N) is 2. The summed E-state index contributed by atoms with van der Waals surface area (Å²) in [5.41, 5.74) is 0. The van der Waals surface area contributed by atoms with Gasteiger partial charge in [-0.15, -0.1) is 0 Å². The third-order valence-corrected chi connectivity index (χ3v) is 5.73. The number of hydrogen-bond acceptors (Lipinski definition) is 3. The highest BCUT2D eigenvalue weighted by Gasteiger charge is 2.35. The minimum absolute atomic E-state index is 0.842. The van der Waals surface area contributed by atoms with Crippen LogP contribution in [0.2, 0.25) is 0 Å². The lowest BCUT2D eigenvalue weighted by molar-refractivity contribution is 0.0135. The molecule has 2 aliphatic heterocycles. The molecule has 0 bridgehead atoms. The van der Waals surface area contributed by atoms with Gasteiger partial charge in [-0.2, -0.15) is 0 Å². The smallest absolute Gasteiger partial charge is 0.0346 e. The Hall–Kier alpha value is -0.120. The summed E-state index contributed by atoms with van der Waals surface area (Å²) in [6, 6.07) is 1.73. The minimum atomic E-state index is 0.842. The maximum absolute atomic E-state index is 3.40. The number of hydrogen-bond donors (Lipinski definition) is 1. The average Bonchev–Trinajstić information content (AvgIpc) is 2.37. The van der Waals surface area contributed by atoms with Gasteiger partial charge in [0.15, 0.2) is 0 Å². The summed E-state index contributed by atoms with van der Waals surface area (Å²) < 4.78 is 0. The van der Waals surface area contributed by atoms with Crippen molar-refractivity contribution >= 4 is 0 Å². The van der Waals surface area contributed by atoms with Crippen LogP contribution >= 0.6 is 0 Å². The summed E-state index contributed by atoms with van der Waals surface area (Å²) in [7, 11) is 0. The van der Waals surface area contributed by atoms with Crippen molar-refractivity contribution in [3.8, 4) is 0 Å². The van der Waals surface area contributed by atoms with E-state index in [1.54, 1.807) is 0 Å². The summed E-state index contributed by atoms with van der Waals surface area (Å²) in [5, 5.41) is 3.40. The van der Waals surface area contributed by atoms with Crippen molar-refractivity contribution in [2.75, 3.05) is 39.3 Å². The lowest BCUT2D eigenvalue weighted by Crippen LogP contribution is -2.63. The number of piperazine rings is 1. The molecule has 0 amide bonds. The fourth-order valence-corrected chi connectivity index (χ4v) is 4.34. The molecule has 0 aromatic carbocycles. The van der Waals surface area contributed by atoms with Crippen molar-refractivity contribution in [3.63, 3.8) is 0 Å². The largest absolute Gasteiger partial charge is 0.314 e. The predicted molar refractivity (Wildman–Crippen MR) is 80.4 cm³/mol. The molecule has 1 saturated carbocycles. The molecular weight excluding hydrogens is 234 g/mol. The fourth-order valence-electron chi connectivity index (χ4n) is 4.34. The van der Waals surface area contributed by atoms with Gasteiger partial charge in [-0.05, 0) is 24.7 Å². The lowest BCUT2D eigenvalue weighted by atomic mass is 9.77. The van der Waals surface area contributed by atoms with Crippen molar-refractivity contribution < 1.29 is 0 Å². The Morgan fingerprint density at radius 2 is 1.53 bits per heavy atom. The zero-order valence-corrected chi connectivity index (χ0v) is 12.8. The second kappa shape index (κ2) is 6.11. The monoisotopic (exact) mass is 265 g/mol. The van der Waals surface area contributed by atoms with E-state index < -0.39 is 0 Å². The summed E-state index contributed by atoms with van der Waals surface area (Å²) in [6.45, 7) is 12.5. The summed E-state index contributed by atoms with van der Waals surface area (Å²) in [5.74, 6) is 1.81. The molecule has 3 aliphatic rings. The van der Waals surface area contributed by atoms with Gasteiger partial charge in [0.1, 0.15) is 0 Å². The van der Waals surface area contributed by atoms with E-state index in [0.717, 1.165) is 23.9 Å². The first kappa shape index (κ1) is 13.8. The summed E-state index contributed by atoms with van der Waals surface area (Å²) >= 11 is 0. The van der Waals surface area contributed by atoms with E-state index in [4.69, 9.17) is 0 Å². The Morgan fingerprint density at radius 3 is 2.11 bits per heavy atom. The van der Waals surface area contributed by atoms with Gasteiger partial charge < -0.3 is 5.32 Å². The average molecular weight is 265 g/mol. The SMILES string of the molecule is CC(C)C1CCCCC1N1CCN(C2CNC2)CC1. The molecule has 1 aliphatic carbocycles. The van der Waals surface area contributed by atoms with E-state index in [1.807, 2.05) is 0 Å². The van der Waals surface area contributed by atoms with Crippen LogP contribution in [-0.4, -0.2) is 61.2 Å². The molecule has 2 atom stereocenters. The van der Waals surface area contributed by atoms with Crippen molar-refractivity contribution in [1.82, 2.24) is 15.1 Å². The van der Waals surface area contributed by atoms with Gasteiger partial charge in [0.2, 0.25) is 0 Å². The second-order valence-corrected chi connectivity index (χ2v) is 7.14. The second-order valence-electron chi connectivity index (χ2n) is 7.14. The molecule has 3 heteroatoms. The molecular formula is C16H31N3. The summed E-state index contributed by atoms with van der Waals surface area (Å²) in [6.07, 6.45) is 5.84. The van der Waals surface area contributed by atoms with Crippen LogP contribution in [0.25, 0.3) is 0 Å². The molecule has 0 aromatic heterocycles. The van der Waals surface area contributed by atoms with Gasteiger partial charge >= 0.3 is 0 Å². The van der Waals surface area contributed by atoms with E-state index >= 15 is 0 Å². The maximum atomic E-state index is 3.40. The van der Waals surface area contributed by atoms with Crippen LogP contribution in [0.4, 0.5) is 0 Å². The van der Waals surface area contributed by atoms with Crippen molar-refractivity contribution in [1.29, 1.82) is 0 Å². The standard InChI is InChI=1S/C16H31N3/c1-13(2)15-5-3-4-6-16(15)19-9-7-18(8-10-19)14-11-17-12-14/h13-17H,3-12H2,1-2H3. The third-order valence-electron chi connectivity index (χ3n) is 5.73. The highest BCUT2D eigenvalue weighted by Crippen LogP contribution is 2.34. The first-order valence-electron chi connectivity index (χ1n) is 8.44. The molecule has 2 heterocycles. The van der Waals surface area contributed by atoms with Crippen LogP contribution in [0.15, 0.2) is 0 Å². The highest BCUT2D eigenvalue weighted by atomic mass is 15.3. The van der Waals surface area contributed by atoms with E-state index in [9.17, 15) is 0 Å². The van der Waals surface area contributed by atoms with Crippen LogP contribution in [0.1, 0.15) is 39.5 Å². The van der Waals surface area contributed by atoms with Crippen LogP contribution in [0, 0.1) is 11.8 Å². The van der Waals surface area contributed by atoms with Gasteiger partial charge in [0.05, 0.1) is 0 Å². The number of nitrogens with one attached hydrogen (secondary N) is 1. The van der Waals surface area contributed by atoms with Crippen LogP contribution in [0.5, 0.6) is 0 Å². The van der Waals surface area contributed by atoms with Gasteiger partial charge in [-0.25, -0.2) is 0 Å². The van der Waals surface area contributed by atoms with E-state index in [0.29, 0.717) is 0 Å². The molecule has 3 fully saturated rings. The predicted octanol–water partition coefficient (Wildman–Crippen LogP) is 1.79. The van der Waals surface area contributed by atoms with E-state index in [1.165, 1.54) is 65.0 Å². The van der Waals surface area contributed by atoms with Crippen molar-refractivity contribution in [2.24, 2.45) is 11.8 Å². The highest BCUT2D eigenvalue weighted by molar-refractivity contribution is 4.91. The Labute approximate surface area is 118 Å². The number of rotatable bonds is 3. The molecule has 3 nitrogen and oxygen atoms in total. The third kappa shape index (κ3) is 2.98. The molecule has 3 rings (SSSR count). The quantitative estimate of drug-likeness (QED) is 0.839. The normalized spacial score (nSPS) is 35.5. The van der Waals surface area contributed by atoms with Crippen LogP contribution in [-0.2, 0) is 0 Å². The Balaban J connectivity index is 1.54. The Kier molecular flexibility index (Phi) is 4.45. The van der Waals surface area contributed by atoms with Gasteiger partial charge in [0, 0.05) is 51.4 Å². The molecule has 110 valence electrons. The zero-order chi connectivity index (χ0) is 13.2. The van der Waals surface area contributed by atoms with Gasteiger partial charge in [0.25, 0.3) is 0 Å². The van der Waals surface area contributed by atoms with Crippen molar-refractivity contribution in [3.05, 3.63) is 0 Å². The van der Waals surface area contributed by atoms with Gasteiger partial charge in [-0.1, -0.05) is 26.7 Å². The first-order valence-corrected chi connectivity index (χ1v) is 8.44. The lowest BCUT2D eigenvalue weighted by Gasteiger charge is -2.48. The topological polar surface area (TPSA) is 18.5 Å². The molecule has 19 heavy (non-hydrogen) atoms. The molecule has 0 aromatic rings. The van der Waals surface area contributed by atoms with E-state index in [2.05, 4.69) is 29.0 Å².